The van der Waals surface area contributed by atoms with Crippen LogP contribution in [0.4, 0.5) is 4.39 Å². The molecule has 9 heteroatoms. The summed E-state index contributed by atoms with van der Waals surface area (Å²) in [6.45, 7) is 6.37. The third kappa shape index (κ3) is 5.50. The van der Waals surface area contributed by atoms with E-state index in [0.717, 1.165) is 0 Å². The molecule has 0 bridgehead atoms. The summed E-state index contributed by atoms with van der Waals surface area (Å²) in [5.74, 6) is -1.17. The van der Waals surface area contributed by atoms with E-state index in [9.17, 15) is 18.8 Å². The van der Waals surface area contributed by atoms with Gasteiger partial charge < -0.3 is 19.9 Å². The van der Waals surface area contributed by atoms with Crippen molar-refractivity contribution in [1.29, 1.82) is 0 Å². The lowest BCUT2D eigenvalue weighted by Crippen LogP contribution is -2.57. The molecule has 2 heterocycles. The van der Waals surface area contributed by atoms with Crippen molar-refractivity contribution in [3.8, 4) is 5.75 Å². The quantitative estimate of drug-likeness (QED) is 0.583. The third-order valence-corrected chi connectivity index (χ3v) is 6.09. The van der Waals surface area contributed by atoms with Crippen LogP contribution in [0.2, 0.25) is 0 Å². The Morgan fingerprint density at radius 2 is 1.77 bits per heavy atom. The minimum absolute atomic E-state index is 0.199. The average molecular weight is 481 g/mol. The van der Waals surface area contributed by atoms with E-state index in [-0.39, 0.29) is 23.5 Å². The molecular weight excluding hydrogens is 451 g/mol. The molecule has 1 aromatic heterocycles. The van der Waals surface area contributed by atoms with E-state index in [0.29, 0.717) is 37.0 Å². The molecular formula is C26H29FN4O4. The molecule has 1 aliphatic heterocycles. The molecule has 35 heavy (non-hydrogen) atoms. The first-order valence-corrected chi connectivity index (χ1v) is 11.6. The number of aromatic nitrogens is 2. The predicted octanol–water partition coefficient (Wildman–Crippen LogP) is 3.28. The maximum atomic E-state index is 13.9. The Morgan fingerprint density at radius 3 is 2.46 bits per heavy atom. The van der Waals surface area contributed by atoms with E-state index < -0.39 is 28.7 Å². The Balaban J connectivity index is 1.45. The van der Waals surface area contributed by atoms with Crippen LogP contribution < -0.4 is 15.6 Å². The predicted molar refractivity (Wildman–Crippen MR) is 130 cm³/mol. The summed E-state index contributed by atoms with van der Waals surface area (Å²) in [4.78, 5) is 47.5. The van der Waals surface area contributed by atoms with Gasteiger partial charge in [0.25, 0.3) is 11.5 Å². The first-order chi connectivity index (χ1) is 16.6. The fourth-order valence-corrected chi connectivity index (χ4v) is 4.13. The van der Waals surface area contributed by atoms with Gasteiger partial charge in [-0.25, -0.2) is 9.37 Å². The van der Waals surface area contributed by atoms with Gasteiger partial charge in [-0.1, -0.05) is 45.0 Å². The molecule has 0 spiro atoms. The summed E-state index contributed by atoms with van der Waals surface area (Å²) in [6, 6.07) is 12.3. The van der Waals surface area contributed by atoms with E-state index >= 15 is 0 Å². The number of carbonyl (C=O) groups is 2. The Hall–Kier alpha value is -3.75. The van der Waals surface area contributed by atoms with Crippen molar-refractivity contribution in [2.75, 3.05) is 13.1 Å². The molecule has 2 aromatic carbocycles. The van der Waals surface area contributed by atoms with Crippen molar-refractivity contribution in [1.82, 2.24) is 20.2 Å². The number of nitrogens with zero attached hydrogens (tertiary/aromatic N) is 2. The number of para-hydroxylation sites is 3. The zero-order chi connectivity index (χ0) is 25.2. The largest absolute Gasteiger partial charge is 0.487 e. The SMILES string of the molecule is CC(C)(C)[C@H](NC(=O)c1nc2ccccc2[nH]c1=O)C(=O)N1CCC(Oc2ccccc2F)CC1. The summed E-state index contributed by atoms with van der Waals surface area (Å²) < 4.78 is 19.7. The van der Waals surface area contributed by atoms with Crippen LogP contribution in [0.15, 0.2) is 53.3 Å². The zero-order valence-corrected chi connectivity index (χ0v) is 20.0. The number of H-pyrrole nitrogens is 1. The molecule has 3 aromatic rings. The summed E-state index contributed by atoms with van der Waals surface area (Å²) in [6.07, 6.45) is 0.868. The number of benzene rings is 2. The highest BCUT2D eigenvalue weighted by Gasteiger charge is 2.38. The van der Waals surface area contributed by atoms with Crippen LogP contribution >= 0.6 is 0 Å². The van der Waals surface area contributed by atoms with Gasteiger partial charge in [0, 0.05) is 25.9 Å². The Kier molecular flexibility index (Phi) is 6.86. The van der Waals surface area contributed by atoms with Gasteiger partial charge in [0.1, 0.15) is 12.1 Å². The number of amides is 2. The number of ether oxygens (including phenoxy) is 1. The highest BCUT2D eigenvalue weighted by Crippen LogP contribution is 2.25. The molecule has 0 radical (unpaired) electrons. The van der Waals surface area contributed by atoms with Crippen molar-refractivity contribution in [3.05, 3.63) is 70.4 Å². The Bertz CT molecular complexity index is 1290. The summed E-state index contributed by atoms with van der Waals surface area (Å²) in [5.41, 5.74) is -0.516. The zero-order valence-electron chi connectivity index (χ0n) is 20.0. The number of aromatic amines is 1. The first kappa shape index (κ1) is 24.4. The molecule has 8 nitrogen and oxygen atoms in total. The molecule has 1 fully saturated rings. The molecule has 1 saturated heterocycles. The maximum Gasteiger partial charge on any atom is 0.280 e. The summed E-state index contributed by atoms with van der Waals surface area (Å²) in [5, 5.41) is 2.74. The second-order valence-electron chi connectivity index (χ2n) is 9.78. The monoisotopic (exact) mass is 480 g/mol. The lowest BCUT2D eigenvalue weighted by Gasteiger charge is -2.38. The number of likely N-dealkylation sites (tertiary alicyclic amines) is 1. The van der Waals surface area contributed by atoms with Crippen molar-refractivity contribution < 1.29 is 18.7 Å². The van der Waals surface area contributed by atoms with Gasteiger partial charge in [0.15, 0.2) is 17.3 Å². The number of carbonyl (C=O) groups excluding carboxylic acids is 2. The number of nitrogens with one attached hydrogen (secondary N) is 2. The van der Waals surface area contributed by atoms with Gasteiger partial charge in [-0.2, -0.15) is 0 Å². The van der Waals surface area contributed by atoms with Crippen LogP contribution in [-0.2, 0) is 4.79 Å². The lowest BCUT2D eigenvalue weighted by molar-refractivity contribution is -0.137. The standard InChI is InChI=1S/C26H29FN4O4/c1-26(2,3)22(30-24(33)21-23(32)29-19-10-6-5-9-18(19)28-21)25(34)31-14-12-16(13-15-31)35-20-11-7-4-8-17(20)27/h4-11,16,22H,12-15H2,1-3H3,(H,29,32)(H,30,33)/t22-/m1/s1. The molecule has 2 N–H and O–H groups in total. The molecule has 0 saturated carbocycles. The normalized spacial score (nSPS) is 15.6. The van der Waals surface area contributed by atoms with E-state index in [1.54, 1.807) is 47.4 Å². The minimum atomic E-state index is -0.869. The number of piperidine rings is 1. The molecule has 2 amide bonds. The minimum Gasteiger partial charge on any atom is -0.487 e. The number of halogens is 1. The number of fused-ring (bicyclic) bond motifs is 1. The van der Waals surface area contributed by atoms with E-state index in [2.05, 4.69) is 15.3 Å². The van der Waals surface area contributed by atoms with Gasteiger partial charge in [0.05, 0.1) is 11.0 Å². The first-order valence-electron chi connectivity index (χ1n) is 11.6. The molecule has 1 atom stereocenters. The van der Waals surface area contributed by atoms with Crippen LogP contribution in [0.5, 0.6) is 5.75 Å². The number of hydrogen-bond donors (Lipinski definition) is 2. The van der Waals surface area contributed by atoms with Gasteiger partial charge in [0.2, 0.25) is 5.91 Å². The number of hydrogen-bond acceptors (Lipinski definition) is 5. The fraction of sp³-hybridized carbons (Fsp3) is 0.385. The van der Waals surface area contributed by atoms with E-state index in [1.165, 1.54) is 6.07 Å². The Labute approximate surface area is 202 Å². The van der Waals surface area contributed by atoms with Crippen LogP contribution in [0.1, 0.15) is 44.1 Å². The van der Waals surface area contributed by atoms with Crippen molar-refractivity contribution >= 4 is 22.8 Å². The highest BCUT2D eigenvalue weighted by atomic mass is 19.1. The molecule has 184 valence electrons. The molecule has 4 rings (SSSR count). The molecule has 1 aliphatic rings. The van der Waals surface area contributed by atoms with E-state index in [4.69, 9.17) is 4.74 Å². The van der Waals surface area contributed by atoms with Gasteiger partial charge in [-0.05, 0) is 29.7 Å². The van der Waals surface area contributed by atoms with Crippen LogP contribution in [0.3, 0.4) is 0 Å². The van der Waals surface area contributed by atoms with Gasteiger partial charge >= 0.3 is 0 Å². The number of rotatable bonds is 5. The van der Waals surface area contributed by atoms with Crippen molar-refractivity contribution in [2.45, 2.75) is 45.8 Å². The third-order valence-electron chi connectivity index (χ3n) is 6.09. The summed E-state index contributed by atoms with van der Waals surface area (Å²) in [7, 11) is 0. The second kappa shape index (κ2) is 9.85. The smallest absolute Gasteiger partial charge is 0.280 e. The molecule has 0 unspecified atom stereocenters. The van der Waals surface area contributed by atoms with Gasteiger partial charge in [-0.15, -0.1) is 0 Å². The Morgan fingerprint density at radius 1 is 1.11 bits per heavy atom. The van der Waals surface area contributed by atoms with Crippen LogP contribution in [0, 0.1) is 11.2 Å². The average Bonchev–Trinajstić information content (AvgIpc) is 2.82. The highest BCUT2D eigenvalue weighted by molar-refractivity contribution is 5.97. The van der Waals surface area contributed by atoms with E-state index in [1.807, 2.05) is 20.8 Å². The summed E-state index contributed by atoms with van der Waals surface area (Å²) >= 11 is 0. The fourth-order valence-electron chi connectivity index (χ4n) is 4.13. The van der Waals surface area contributed by atoms with Gasteiger partial charge in [-0.3, -0.25) is 14.4 Å². The molecule has 0 aliphatic carbocycles. The topological polar surface area (TPSA) is 104 Å². The maximum absolute atomic E-state index is 13.9. The lowest BCUT2D eigenvalue weighted by atomic mass is 9.85. The van der Waals surface area contributed by atoms with Crippen LogP contribution in [-0.4, -0.2) is 51.9 Å². The second-order valence-corrected chi connectivity index (χ2v) is 9.78. The van der Waals surface area contributed by atoms with Crippen molar-refractivity contribution in [2.24, 2.45) is 5.41 Å². The van der Waals surface area contributed by atoms with Crippen LogP contribution in [0.25, 0.3) is 11.0 Å². The van der Waals surface area contributed by atoms with Crippen molar-refractivity contribution in [3.63, 3.8) is 0 Å².